The van der Waals surface area contributed by atoms with Gasteiger partial charge in [0.15, 0.2) is 0 Å². The van der Waals surface area contributed by atoms with Gasteiger partial charge in [0.2, 0.25) is 11.0 Å². The molecule has 5 nitrogen and oxygen atoms in total. The summed E-state index contributed by atoms with van der Waals surface area (Å²) in [6, 6.07) is 0. The van der Waals surface area contributed by atoms with Crippen molar-refractivity contribution in [3.8, 4) is 0 Å². The summed E-state index contributed by atoms with van der Waals surface area (Å²) in [5.74, 6) is 0.0212. The molecule has 13 heavy (non-hydrogen) atoms. The largest absolute Gasteiger partial charge is 0.351 e. The van der Waals surface area contributed by atoms with E-state index in [2.05, 4.69) is 15.5 Å². The van der Waals surface area contributed by atoms with Crippen molar-refractivity contribution in [2.24, 2.45) is 0 Å². The summed E-state index contributed by atoms with van der Waals surface area (Å²) in [4.78, 5) is 12.7. The lowest BCUT2D eigenvalue weighted by molar-refractivity contribution is -0.126. The maximum Gasteiger partial charge on any atom is 0.241 e. The van der Waals surface area contributed by atoms with E-state index in [1.807, 2.05) is 6.92 Å². The highest BCUT2D eigenvalue weighted by Gasteiger charge is 2.05. The fourth-order valence-electron chi connectivity index (χ4n) is 0.677. The van der Waals surface area contributed by atoms with Gasteiger partial charge < -0.3 is 10.2 Å². The van der Waals surface area contributed by atoms with Gasteiger partial charge >= 0.3 is 0 Å². The molecule has 1 rings (SSSR count). The van der Waals surface area contributed by atoms with Gasteiger partial charge in [0, 0.05) is 14.1 Å². The Bertz CT molecular complexity index is 296. The van der Waals surface area contributed by atoms with Crippen LogP contribution in [0.25, 0.3) is 0 Å². The van der Waals surface area contributed by atoms with Crippen LogP contribution < -0.4 is 5.32 Å². The number of anilines is 1. The molecule has 0 fully saturated rings. The van der Waals surface area contributed by atoms with Crippen molar-refractivity contribution in [3.63, 3.8) is 0 Å². The zero-order valence-electron chi connectivity index (χ0n) is 7.87. The number of carbonyl (C=O) groups is 1. The second kappa shape index (κ2) is 4.18. The number of nitrogens with zero attached hydrogens (tertiary/aromatic N) is 3. The standard InChI is InChI=1S/C7H12N4OS/c1-5-9-10-7(13-5)8-4-6(12)11(2)3/h4H2,1-3H3,(H,8,10). The van der Waals surface area contributed by atoms with Crippen LogP contribution in [0.2, 0.25) is 0 Å². The average Bonchev–Trinajstić information content (AvgIpc) is 2.47. The van der Waals surface area contributed by atoms with Crippen LogP contribution in [0, 0.1) is 6.92 Å². The van der Waals surface area contributed by atoms with Crippen LogP contribution in [-0.4, -0.2) is 41.6 Å². The smallest absolute Gasteiger partial charge is 0.241 e. The van der Waals surface area contributed by atoms with E-state index in [1.54, 1.807) is 14.1 Å². The van der Waals surface area contributed by atoms with Gasteiger partial charge in [-0.15, -0.1) is 10.2 Å². The summed E-state index contributed by atoms with van der Waals surface area (Å²) in [7, 11) is 3.44. The molecule has 0 aliphatic heterocycles. The third-order valence-electron chi connectivity index (χ3n) is 1.42. The Morgan fingerprint density at radius 1 is 1.54 bits per heavy atom. The molecule has 72 valence electrons. The first-order chi connectivity index (χ1) is 6.09. The third-order valence-corrected chi connectivity index (χ3v) is 2.21. The van der Waals surface area contributed by atoms with Crippen LogP contribution in [0.15, 0.2) is 0 Å². The monoisotopic (exact) mass is 200 g/mol. The second-order valence-electron chi connectivity index (χ2n) is 2.77. The number of hydrogen-bond acceptors (Lipinski definition) is 5. The number of rotatable bonds is 3. The summed E-state index contributed by atoms with van der Waals surface area (Å²) in [5, 5.41) is 12.1. The lowest BCUT2D eigenvalue weighted by atomic mass is 10.5. The number of aryl methyl sites for hydroxylation is 1. The van der Waals surface area contributed by atoms with Crippen molar-refractivity contribution in [1.82, 2.24) is 15.1 Å². The van der Waals surface area contributed by atoms with E-state index in [0.717, 1.165) is 5.01 Å². The molecule has 0 bridgehead atoms. The van der Waals surface area contributed by atoms with Gasteiger partial charge in [-0.05, 0) is 6.92 Å². The van der Waals surface area contributed by atoms with E-state index in [1.165, 1.54) is 16.2 Å². The second-order valence-corrected chi connectivity index (χ2v) is 3.95. The summed E-state index contributed by atoms with van der Waals surface area (Å²) < 4.78 is 0. The molecule has 0 aliphatic rings. The first-order valence-electron chi connectivity index (χ1n) is 3.83. The molecule has 0 unspecified atom stereocenters. The highest BCUT2D eigenvalue weighted by atomic mass is 32.1. The van der Waals surface area contributed by atoms with Crippen molar-refractivity contribution in [3.05, 3.63) is 5.01 Å². The lowest BCUT2D eigenvalue weighted by Gasteiger charge is -2.09. The molecule has 0 atom stereocenters. The fourth-order valence-corrected chi connectivity index (χ4v) is 1.26. The van der Waals surface area contributed by atoms with Crippen LogP contribution in [0.3, 0.4) is 0 Å². The lowest BCUT2D eigenvalue weighted by Crippen LogP contribution is -2.28. The number of aromatic nitrogens is 2. The van der Waals surface area contributed by atoms with E-state index in [-0.39, 0.29) is 12.5 Å². The molecule has 0 saturated heterocycles. The maximum absolute atomic E-state index is 11.1. The average molecular weight is 200 g/mol. The van der Waals surface area contributed by atoms with Crippen LogP contribution in [0.1, 0.15) is 5.01 Å². The quantitative estimate of drug-likeness (QED) is 0.764. The number of likely N-dealkylation sites (N-methyl/N-ethyl adjacent to an activating group) is 1. The molecular weight excluding hydrogens is 188 g/mol. The van der Waals surface area contributed by atoms with Crippen LogP contribution in [0.4, 0.5) is 5.13 Å². The minimum atomic E-state index is 0.0212. The topological polar surface area (TPSA) is 58.1 Å². The summed E-state index contributed by atoms with van der Waals surface area (Å²) >= 11 is 1.44. The van der Waals surface area contributed by atoms with Gasteiger partial charge in [0.05, 0.1) is 6.54 Å². The van der Waals surface area contributed by atoms with Crippen molar-refractivity contribution in [2.75, 3.05) is 26.0 Å². The number of nitrogens with one attached hydrogen (secondary N) is 1. The van der Waals surface area contributed by atoms with Crippen LogP contribution >= 0.6 is 11.3 Å². The normalized spacial score (nSPS) is 9.77. The predicted octanol–water partition coefficient (Wildman–Crippen LogP) is 0.347. The molecule has 1 N–H and O–H groups in total. The SMILES string of the molecule is Cc1nnc(NCC(=O)N(C)C)s1. The molecule has 1 aromatic heterocycles. The van der Waals surface area contributed by atoms with Gasteiger partial charge in [0.1, 0.15) is 5.01 Å². The fraction of sp³-hybridized carbons (Fsp3) is 0.571. The zero-order valence-corrected chi connectivity index (χ0v) is 8.68. The van der Waals surface area contributed by atoms with Crippen LogP contribution in [-0.2, 0) is 4.79 Å². The van der Waals surface area contributed by atoms with Gasteiger partial charge in [0.25, 0.3) is 0 Å². The predicted molar refractivity (Wildman–Crippen MR) is 51.8 cm³/mol. The minimum Gasteiger partial charge on any atom is -0.351 e. The molecule has 0 saturated carbocycles. The molecule has 1 aromatic rings. The van der Waals surface area contributed by atoms with E-state index >= 15 is 0 Å². The van der Waals surface area contributed by atoms with E-state index in [9.17, 15) is 4.79 Å². The van der Waals surface area contributed by atoms with E-state index in [0.29, 0.717) is 5.13 Å². The number of amides is 1. The molecule has 1 amide bonds. The highest BCUT2D eigenvalue weighted by molar-refractivity contribution is 7.15. The van der Waals surface area contributed by atoms with Crippen LogP contribution in [0.5, 0.6) is 0 Å². The molecule has 0 radical (unpaired) electrons. The van der Waals surface area contributed by atoms with Crippen molar-refractivity contribution < 1.29 is 4.79 Å². The van der Waals surface area contributed by atoms with Crippen molar-refractivity contribution in [2.45, 2.75) is 6.92 Å². The van der Waals surface area contributed by atoms with E-state index < -0.39 is 0 Å². The van der Waals surface area contributed by atoms with Gasteiger partial charge in [-0.25, -0.2) is 0 Å². The van der Waals surface area contributed by atoms with Gasteiger partial charge in [-0.2, -0.15) is 0 Å². The Labute approximate surface area is 80.8 Å². The Balaban J connectivity index is 2.39. The maximum atomic E-state index is 11.1. The first kappa shape index (κ1) is 9.91. The Morgan fingerprint density at radius 3 is 2.69 bits per heavy atom. The molecular formula is C7H12N4OS. The summed E-state index contributed by atoms with van der Waals surface area (Å²) in [6.45, 7) is 2.14. The van der Waals surface area contributed by atoms with Crippen molar-refractivity contribution >= 4 is 22.4 Å². The van der Waals surface area contributed by atoms with Crippen molar-refractivity contribution in [1.29, 1.82) is 0 Å². The minimum absolute atomic E-state index is 0.0212. The van der Waals surface area contributed by atoms with Gasteiger partial charge in [-0.3, -0.25) is 4.79 Å². The molecule has 6 heteroatoms. The molecule has 0 aliphatic carbocycles. The highest BCUT2D eigenvalue weighted by Crippen LogP contribution is 2.12. The summed E-state index contributed by atoms with van der Waals surface area (Å²) in [6.07, 6.45) is 0. The van der Waals surface area contributed by atoms with E-state index in [4.69, 9.17) is 0 Å². The number of carbonyl (C=O) groups excluding carboxylic acids is 1. The molecule has 0 aromatic carbocycles. The first-order valence-corrected chi connectivity index (χ1v) is 4.65. The van der Waals surface area contributed by atoms with Gasteiger partial charge in [-0.1, -0.05) is 11.3 Å². The Hall–Kier alpha value is -1.17. The molecule has 1 heterocycles. The third kappa shape index (κ3) is 2.98. The zero-order chi connectivity index (χ0) is 9.84. The summed E-state index contributed by atoms with van der Waals surface area (Å²) in [5.41, 5.74) is 0. The Kier molecular flexibility index (Phi) is 3.18. The number of hydrogen-bond donors (Lipinski definition) is 1. The molecule has 0 spiro atoms. The Morgan fingerprint density at radius 2 is 2.23 bits per heavy atom.